The Kier molecular flexibility index (Phi) is 6.21. The highest BCUT2D eigenvalue weighted by Crippen LogP contribution is 2.23. The summed E-state index contributed by atoms with van der Waals surface area (Å²) in [5.74, 6) is 0.319. The number of hydrogen-bond donors (Lipinski definition) is 1. The average molecular weight is 375 g/mol. The average Bonchev–Trinajstić information content (AvgIpc) is 3.07. The van der Waals surface area contributed by atoms with E-state index in [-0.39, 0.29) is 18.1 Å². The number of hydrogen-bond acceptors (Lipinski definition) is 5. The van der Waals surface area contributed by atoms with Crippen LogP contribution in [0.5, 0.6) is 0 Å². The highest BCUT2D eigenvalue weighted by Gasteiger charge is 2.22. The lowest BCUT2D eigenvalue weighted by atomic mass is 10.2. The van der Waals surface area contributed by atoms with Gasteiger partial charge >= 0.3 is 0 Å². The van der Waals surface area contributed by atoms with Crippen molar-refractivity contribution < 1.29 is 9.53 Å². The molecule has 1 N–H and O–H groups in total. The van der Waals surface area contributed by atoms with Crippen LogP contribution in [0.4, 0.5) is 11.4 Å². The number of benzene rings is 1. The summed E-state index contributed by atoms with van der Waals surface area (Å²) in [6.07, 6.45) is 4.14. The van der Waals surface area contributed by atoms with Crippen molar-refractivity contribution in [3.63, 3.8) is 0 Å². The molecule has 2 atom stereocenters. The molecule has 1 aliphatic heterocycles. The van der Waals surface area contributed by atoms with E-state index in [1.807, 2.05) is 22.9 Å². The van der Waals surface area contributed by atoms with Crippen LogP contribution < -0.4 is 10.2 Å². The zero-order valence-electron chi connectivity index (χ0n) is 15.5. The molecule has 0 radical (unpaired) electrons. The fourth-order valence-electron chi connectivity index (χ4n) is 3.15. The fourth-order valence-corrected chi connectivity index (χ4v) is 3.97. The summed E-state index contributed by atoms with van der Waals surface area (Å²) in [7, 11) is 0. The minimum atomic E-state index is -0.0259. The number of rotatable bonds is 6. The summed E-state index contributed by atoms with van der Waals surface area (Å²) >= 11 is 1.45. The molecule has 0 bridgehead atoms. The number of morpholine rings is 1. The summed E-state index contributed by atoms with van der Waals surface area (Å²) in [6, 6.07) is 8.01. The zero-order valence-corrected chi connectivity index (χ0v) is 16.3. The number of ether oxygens (including phenoxy) is 1. The number of nitrogens with one attached hydrogen (secondary N) is 1. The minimum Gasteiger partial charge on any atom is -0.372 e. The van der Waals surface area contributed by atoms with Crippen LogP contribution in [0.1, 0.15) is 20.8 Å². The van der Waals surface area contributed by atoms with E-state index < -0.39 is 0 Å². The molecule has 0 unspecified atom stereocenters. The van der Waals surface area contributed by atoms with E-state index in [2.05, 4.69) is 48.1 Å². The van der Waals surface area contributed by atoms with Gasteiger partial charge in [-0.25, -0.2) is 4.98 Å². The van der Waals surface area contributed by atoms with Crippen LogP contribution in [0, 0.1) is 0 Å². The van der Waals surface area contributed by atoms with Gasteiger partial charge in [0.25, 0.3) is 0 Å². The first-order valence-corrected chi connectivity index (χ1v) is 9.98. The molecule has 1 amide bonds. The Labute approximate surface area is 158 Å². The Bertz CT molecular complexity index is 721. The molecule has 6 nitrogen and oxygen atoms in total. The molecular weight excluding hydrogens is 348 g/mol. The maximum absolute atomic E-state index is 12.2. The Hall–Kier alpha value is -1.99. The lowest BCUT2D eigenvalue weighted by Gasteiger charge is -2.36. The first kappa shape index (κ1) is 18.8. The van der Waals surface area contributed by atoms with Gasteiger partial charge in [0.05, 0.1) is 18.0 Å². The number of nitrogens with zero attached hydrogens (tertiary/aromatic N) is 3. The number of aromatic nitrogens is 2. The summed E-state index contributed by atoms with van der Waals surface area (Å²) in [5.41, 5.74) is 1.97. The van der Waals surface area contributed by atoms with E-state index in [1.54, 1.807) is 6.20 Å². The van der Waals surface area contributed by atoms with Gasteiger partial charge in [-0.1, -0.05) is 11.8 Å². The third-order valence-corrected chi connectivity index (χ3v) is 5.29. The first-order chi connectivity index (χ1) is 12.5. The number of thioether (sulfide) groups is 1. The second-order valence-electron chi connectivity index (χ2n) is 6.54. The predicted octanol–water partition coefficient (Wildman–Crippen LogP) is 3.25. The third kappa shape index (κ3) is 4.80. The van der Waals surface area contributed by atoms with Gasteiger partial charge < -0.3 is 19.5 Å². The Morgan fingerprint density at radius 1 is 1.27 bits per heavy atom. The summed E-state index contributed by atoms with van der Waals surface area (Å²) in [6.45, 7) is 8.87. The van der Waals surface area contributed by atoms with Gasteiger partial charge in [-0.15, -0.1) is 0 Å². The van der Waals surface area contributed by atoms with E-state index in [0.717, 1.165) is 36.2 Å². The normalized spacial score (nSPS) is 20.2. The van der Waals surface area contributed by atoms with Crippen molar-refractivity contribution in [3.05, 3.63) is 36.7 Å². The van der Waals surface area contributed by atoms with Crippen molar-refractivity contribution in [2.75, 3.05) is 29.1 Å². The molecular formula is C19H26N4O2S. The number of aryl methyl sites for hydroxylation is 1. The van der Waals surface area contributed by atoms with Crippen molar-refractivity contribution in [1.82, 2.24) is 9.55 Å². The number of anilines is 2. The number of imidazole rings is 1. The molecule has 140 valence electrons. The maximum atomic E-state index is 12.2. The first-order valence-electron chi connectivity index (χ1n) is 8.99. The quantitative estimate of drug-likeness (QED) is 0.787. The largest absolute Gasteiger partial charge is 0.372 e. The highest BCUT2D eigenvalue weighted by molar-refractivity contribution is 7.99. The van der Waals surface area contributed by atoms with E-state index in [4.69, 9.17) is 4.74 Å². The van der Waals surface area contributed by atoms with E-state index in [1.165, 1.54) is 11.8 Å². The number of amides is 1. The van der Waals surface area contributed by atoms with Crippen LogP contribution in [-0.4, -0.2) is 46.5 Å². The van der Waals surface area contributed by atoms with E-state index in [0.29, 0.717) is 5.75 Å². The monoisotopic (exact) mass is 374 g/mol. The van der Waals surface area contributed by atoms with Gasteiger partial charge in [0, 0.05) is 43.4 Å². The fraction of sp³-hybridized carbons (Fsp3) is 0.474. The standard InChI is InChI=1S/C19H26N4O2S/c1-4-22-10-9-20-19(22)26-13-18(24)21-16-5-7-17(8-6-16)23-11-14(2)25-15(3)12-23/h5-10,14-15H,4,11-13H2,1-3H3,(H,21,24)/t14-,15-/m0/s1. The Morgan fingerprint density at radius 3 is 2.62 bits per heavy atom. The molecule has 26 heavy (non-hydrogen) atoms. The molecule has 1 aliphatic rings. The summed E-state index contributed by atoms with van der Waals surface area (Å²) in [4.78, 5) is 18.8. The molecule has 0 aliphatic carbocycles. The van der Waals surface area contributed by atoms with Gasteiger partial charge in [-0.2, -0.15) is 0 Å². The highest BCUT2D eigenvalue weighted by atomic mass is 32.2. The summed E-state index contributed by atoms with van der Waals surface area (Å²) in [5, 5.41) is 3.82. The second kappa shape index (κ2) is 8.60. The molecule has 1 saturated heterocycles. The molecule has 1 fully saturated rings. The van der Waals surface area contributed by atoms with E-state index >= 15 is 0 Å². The molecule has 7 heteroatoms. The van der Waals surface area contributed by atoms with Crippen molar-refractivity contribution in [2.24, 2.45) is 0 Å². The van der Waals surface area contributed by atoms with Crippen molar-refractivity contribution in [1.29, 1.82) is 0 Å². The third-order valence-electron chi connectivity index (χ3n) is 4.29. The van der Waals surface area contributed by atoms with Crippen LogP contribution in [0.3, 0.4) is 0 Å². The second-order valence-corrected chi connectivity index (χ2v) is 7.48. The van der Waals surface area contributed by atoms with Gasteiger partial charge in [0.1, 0.15) is 0 Å². The number of carbonyl (C=O) groups is 1. The Balaban J connectivity index is 1.53. The van der Waals surface area contributed by atoms with Crippen LogP contribution in [-0.2, 0) is 16.1 Å². The van der Waals surface area contributed by atoms with Crippen LogP contribution >= 0.6 is 11.8 Å². The molecule has 2 heterocycles. The van der Waals surface area contributed by atoms with Crippen LogP contribution in [0.2, 0.25) is 0 Å². The Morgan fingerprint density at radius 2 is 1.96 bits per heavy atom. The smallest absolute Gasteiger partial charge is 0.234 e. The van der Waals surface area contributed by atoms with Gasteiger partial charge in [-0.3, -0.25) is 4.79 Å². The van der Waals surface area contributed by atoms with Crippen molar-refractivity contribution in [2.45, 2.75) is 44.7 Å². The zero-order chi connectivity index (χ0) is 18.5. The topological polar surface area (TPSA) is 59.4 Å². The van der Waals surface area contributed by atoms with Crippen LogP contribution in [0.25, 0.3) is 0 Å². The molecule has 1 aromatic heterocycles. The van der Waals surface area contributed by atoms with Gasteiger partial charge in [0.2, 0.25) is 5.91 Å². The van der Waals surface area contributed by atoms with Gasteiger partial charge in [-0.05, 0) is 45.0 Å². The van der Waals surface area contributed by atoms with Crippen molar-refractivity contribution in [3.8, 4) is 0 Å². The minimum absolute atomic E-state index is 0.0259. The molecule has 1 aromatic carbocycles. The number of carbonyl (C=O) groups excluding carboxylic acids is 1. The van der Waals surface area contributed by atoms with E-state index in [9.17, 15) is 4.79 Å². The lowest BCUT2D eigenvalue weighted by molar-refractivity contribution is -0.113. The summed E-state index contributed by atoms with van der Waals surface area (Å²) < 4.78 is 7.81. The molecule has 2 aromatic rings. The maximum Gasteiger partial charge on any atom is 0.234 e. The molecule has 0 spiro atoms. The van der Waals surface area contributed by atoms with Crippen molar-refractivity contribution >= 4 is 29.0 Å². The van der Waals surface area contributed by atoms with Crippen LogP contribution in [0.15, 0.2) is 41.8 Å². The predicted molar refractivity (Wildman–Crippen MR) is 106 cm³/mol. The molecule has 3 rings (SSSR count). The lowest BCUT2D eigenvalue weighted by Crippen LogP contribution is -2.45. The molecule has 0 saturated carbocycles. The van der Waals surface area contributed by atoms with Gasteiger partial charge in [0.15, 0.2) is 5.16 Å². The SMILES string of the molecule is CCn1ccnc1SCC(=O)Nc1ccc(N2C[C@H](C)O[C@@H](C)C2)cc1.